The van der Waals surface area contributed by atoms with Gasteiger partial charge in [0.15, 0.2) is 6.61 Å². The van der Waals surface area contributed by atoms with Gasteiger partial charge in [-0.05, 0) is 55.8 Å². The van der Waals surface area contributed by atoms with Crippen molar-refractivity contribution in [3.63, 3.8) is 0 Å². The fourth-order valence-corrected chi connectivity index (χ4v) is 3.87. The Kier molecular flexibility index (Phi) is 7.24. The van der Waals surface area contributed by atoms with E-state index in [4.69, 9.17) is 14.2 Å². The van der Waals surface area contributed by atoms with E-state index in [0.29, 0.717) is 36.2 Å². The summed E-state index contributed by atoms with van der Waals surface area (Å²) in [5.41, 5.74) is 1.91. The summed E-state index contributed by atoms with van der Waals surface area (Å²) in [7, 11) is 2.13. The van der Waals surface area contributed by atoms with Crippen LogP contribution in [0.5, 0.6) is 11.5 Å². The van der Waals surface area contributed by atoms with E-state index in [1.807, 2.05) is 24.3 Å². The van der Waals surface area contributed by atoms with Crippen LogP contribution >= 0.6 is 0 Å². The molecule has 0 unspecified atom stereocenters. The minimum Gasteiger partial charge on any atom is -0.492 e. The fourth-order valence-electron chi connectivity index (χ4n) is 3.87. The number of anilines is 1. The maximum Gasteiger partial charge on any atom is 0.262 e. The van der Waals surface area contributed by atoms with Crippen molar-refractivity contribution in [2.24, 2.45) is 0 Å². The molecule has 1 saturated heterocycles. The highest BCUT2D eigenvalue weighted by Gasteiger charge is 2.19. The standard InChI is InChI=1S/C24H29N3O5/c1-27(19-7-10-30-11-8-19)9-12-31-20-4-2-3-17(13-20)15-25-24(29)18-5-6-22-21(14-18)26-23(28)16-32-22/h2-6,13-14,19H,7-12,15-16H2,1H3,(H,25,29)(H,26,28). The van der Waals surface area contributed by atoms with Gasteiger partial charge in [-0.25, -0.2) is 0 Å². The second-order valence-corrected chi connectivity index (χ2v) is 8.05. The van der Waals surface area contributed by atoms with Gasteiger partial charge in [0.1, 0.15) is 18.1 Å². The molecule has 1 fully saturated rings. The number of amides is 2. The van der Waals surface area contributed by atoms with E-state index in [0.717, 1.165) is 43.9 Å². The van der Waals surface area contributed by atoms with Gasteiger partial charge < -0.3 is 24.8 Å². The average molecular weight is 440 g/mol. The van der Waals surface area contributed by atoms with Crippen molar-refractivity contribution in [2.45, 2.75) is 25.4 Å². The van der Waals surface area contributed by atoms with Crippen molar-refractivity contribution < 1.29 is 23.8 Å². The van der Waals surface area contributed by atoms with E-state index < -0.39 is 0 Å². The highest BCUT2D eigenvalue weighted by molar-refractivity contribution is 5.99. The molecule has 2 aromatic carbocycles. The molecule has 8 nitrogen and oxygen atoms in total. The SMILES string of the molecule is CN(CCOc1cccc(CNC(=O)c2ccc3c(c2)NC(=O)CO3)c1)C1CCOCC1. The molecule has 32 heavy (non-hydrogen) atoms. The number of benzene rings is 2. The van der Waals surface area contributed by atoms with E-state index in [1.165, 1.54) is 0 Å². The maximum absolute atomic E-state index is 12.6. The monoisotopic (exact) mass is 439 g/mol. The van der Waals surface area contributed by atoms with E-state index in [-0.39, 0.29) is 18.4 Å². The lowest BCUT2D eigenvalue weighted by molar-refractivity contribution is -0.118. The Bertz CT molecular complexity index is 958. The number of hydrogen-bond donors (Lipinski definition) is 2. The van der Waals surface area contributed by atoms with E-state index in [9.17, 15) is 9.59 Å². The van der Waals surface area contributed by atoms with Crippen molar-refractivity contribution >= 4 is 17.5 Å². The molecule has 2 aromatic rings. The third-order valence-electron chi connectivity index (χ3n) is 5.75. The van der Waals surface area contributed by atoms with E-state index >= 15 is 0 Å². The molecule has 0 aromatic heterocycles. The Morgan fingerprint density at radius 2 is 2.06 bits per heavy atom. The van der Waals surface area contributed by atoms with E-state index in [2.05, 4.69) is 22.6 Å². The lowest BCUT2D eigenvalue weighted by atomic mass is 10.1. The van der Waals surface area contributed by atoms with E-state index in [1.54, 1.807) is 18.2 Å². The third kappa shape index (κ3) is 5.77. The maximum atomic E-state index is 12.6. The molecule has 0 radical (unpaired) electrons. The number of carbonyl (C=O) groups excluding carboxylic acids is 2. The zero-order valence-corrected chi connectivity index (χ0v) is 18.3. The Labute approximate surface area is 187 Å². The second kappa shape index (κ2) is 10.5. The van der Waals surface area contributed by atoms with Crippen LogP contribution in [0.2, 0.25) is 0 Å². The topological polar surface area (TPSA) is 89.1 Å². The Balaban J connectivity index is 1.26. The van der Waals surface area contributed by atoms with Crippen LogP contribution in [-0.2, 0) is 16.1 Å². The van der Waals surface area contributed by atoms with Gasteiger partial charge in [0.25, 0.3) is 11.8 Å². The lowest BCUT2D eigenvalue weighted by Crippen LogP contribution is -2.38. The number of hydrogen-bond acceptors (Lipinski definition) is 6. The van der Waals surface area contributed by atoms with Crippen LogP contribution < -0.4 is 20.1 Å². The predicted molar refractivity (Wildman–Crippen MR) is 120 cm³/mol. The summed E-state index contributed by atoms with van der Waals surface area (Å²) in [6.07, 6.45) is 2.13. The van der Waals surface area contributed by atoms with Gasteiger partial charge in [-0.15, -0.1) is 0 Å². The first-order chi connectivity index (χ1) is 15.6. The molecule has 0 atom stereocenters. The highest BCUT2D eigenvalue weighted by Crippen LogP contribution is 2.28. The van der Waals surface area contributed by atoms with Gasteiger partial charge in [0.05, 0.1) is 5.69 Å². The molecule has 0 bridgehead atoms. The Hall–Kier alpha value is -3.10. The zero-order valence-electron chi connectivity index (χ0n) is 18.3. The minimum absolute atomic E-state index is 0.0111. The van der Waals surface area contributed by atoms with Crippen LogP contribution in [0.15, 0.2) is 42.5 Å². The van der Waals surface area contributed by atoms with Gasteiger partial charge >= 0.3 is 0 Å². The van der Waals surface area contributed by atoms with Gasteiger partial charge in [-0.1, -0.05) is 12.1 Å². The van der Waals surface area contributed by atoms with Crippen LogP contribution in [0.3, 0.4) is 0 Å². The van der Waals surface area contributed by atoms with Crippen LogP contribution in [0, 0.1) is 0 Å². The quantitative estimate of drug-likeness (QED) is 0.657. The van der Waals surface area contributed by atoms with Crippen LogP contribution in [-0.4, -0.2) is 62.8 Å². The first-order valence-corrected chi connectivity index (χ1v) is 10.9. The van der Waals surface area contributed by atoms with Crippen molar-refractivity contribution in [2.75, 3.05) is 45.3 Å². The number of fused-ring (bicyclic) bond motifs is 1. The number of nitrogens with one attached hydrogen (secondary N) is 2. The first-order valence-electron chi connectivity index (χ1n) is 10.9. The molecule has 0 aliphatic carbocycles. The molecule has 2 aliphatic rings. The lowest BCUT2D eigenvalue weighted by Gasteiger charge is -2.31. The minimum atomic E-state index is -0.231. The largest absolute Gasteiger partial charge is 0.492 e. The highest BCUT2D eigenvalue weighted by atomic mass is 16.5. The van der Waals surface area contributed by atoms with Crippen molar-refractivity contribution in [3.05, 3.63) is 53.6 Å². The van der Waals surface area contributed by atoms with Gasteiger partial charge in [0, 0.05) is 37.9 Å². The summed E-state index contributed by atoms with van der Waals surface area (Å²) in [4.78, 5) is 26.4. The van der Waals surface area contributed by atoms with Crippen molar-refractivity contribution in [1.82, 2.24) is 10.2 Å². The van der Waals surface area contributed by atoms with Gasteiger partial charge in [-0.3, -0.25) is 14.5 Å². The fraction of sp³-hybridized carbons (Fsp3) is 0.417. The van der Waals surface area contributed by atoms with Gasteiger partial charge in [-0.2, -0.15) is 0 Å². The summed E-state index contributed by atoms with van der Waals surface area (Å²) >= 11 is 0. The number of ether oxygens (including phenoxy) is 3. The molecule has 8 heteroatoms. The third-order valence-corrected chi connectivity index (χ3v) is 5.75. The zero-order chi connectivity index (χ0) is 22.3. The number of carbonyl (C=O) groups is 2. The summed E-state index contributed by atoms with van der Waals surface area (Å²) in [6, 6.07) is 13.3. The number of rotatable bonds is 8. The molecular formula is C24H29N3O5. The number of nitrogens with zero attached hydrogens (tertiary/aromatic N) is 1. The van der Waals surface area contributed by atoms with Crippen molar-refractivity contribution in [3.8, 4) is 11.5 Å². The Morgan fingerprint density at radius 1 is 1.22 bits per heavy atom. The molecule has 0 saturated carbocycles. The smallest absolute Gasteiger partial charge is 0.262 e. The van der Waals surface area contributed by atoms with Crippen molar-refractivity contribution in [1.29, 1.82) is 0 Å². The molecule has 2 amide bonds. The summed E-state index contributed by atoms with van der Waals surface area (Å²) in [5.74, 6) is 0.891. The van der Waals surface area contributed by atoms with Crippen LogP contribution in [0.1, 0.15) is 28.8 Å². The molecule has 2 aliphatic heterocycles. The predicted octanol–water partition coefficient (Wildman–Crippen LogP) is 2.44. The molecule has 0 spiro atoms. The summed E-state index contributed by atoms with van der Waals surface area (Å²) in [6.45, 7) is 3.48. The van der Waals surface area contributed by atoms with Gasteiger partial charge in [0.2, 0.25) is 0 Å². The summed E-state index contributed by atoms with van der Waals surface area (Å²) in [5, 5.41) is 5.62. The normalized spacial score (nSPS) is 16.1. The van der Waals surface area contributed by atoms with Crippen LogP contribution in [0.4, 0.5) is 5.69 Å². The molecule has 2 heterocycles. The second-order valence-electron chi connectivity index (χ2n) is 8.05. The Morgan fingerprint density at radius 3 is 2.91 bits per heavy atom. The molecular weight excluding hydrogens is 410 g/mol. The first kappa shape index (κ1) is 22.1. The summed E-state index contributed by atoms with van der Waals surface area (Å²) < 4.78 is 16.7. The molecule has 170 valence electrons. The van der Waals surface area contributed by atoms with Crippen LogP contribution in [0.25, 0.3) is 0 Å². The molecule has 4 rings (SSSR count). The number of likely N-dealkylation sites (N-methyl/N-ethyl adjacent to an activating group) is 1. The average Bonchev–Trinajstić information content (AvgIpc) is 2.83. The molecule has 2 N–H and O–H groups in total.